The van der Waals surface area contributed by atoms with E-state index in [1.807, 2.05) is 0 Å². The summed E-state index contributed by atoms with van der Waals surface area (Å²) in [6.45, 7) is 0.0962. The molecule has 110 valence electrons. The number of carbonyl (C=O) groups is 1. The quantitative estimate of drug-likeness (QED) is 0.838. The predicted molar refractivity (Wildman–Crippen MR) is 70.1 cm³/mol. The molecular weight excluding hydrogens is 285 g/mol. The molecule has 0 unspecified atom stereocenters. The lowest BCUT2D eigenvalue weighted by Gasteiger charge is -2.40. The number of halogens is 1. The minimum absolute atomic E-state index is 0.0244. The summed E-state index contributed by atoms with van der Waals surface area (Å²) < 4.78 is 39.3. The molecule has 0 spiro atoms. The number of aliphatic carboxylic acids is 1. The van der Waals surface area contributed by atoms with Crippen molar-refractivity contribution in [2.24, 2.45) is 5.41 Å². The van der Waals surface area contributed by atoms with E-state index in [0.29, 0.717) is 12.8 Å². The molecule has 0 saturated heterocycles. The van der Waals surface area contributed by atoms with Gasteiger partial charge < -0.3 is 5.11 Å². The van der Waals surface area contributed by atoms with Crippen LogP contribution in [-0.2, 0) is 14.8 Å². The number of benzene rings is 1. The fourth-order valence-corrected chi connectivity index (χ4v) is 3.52. The lowest BCUT2D eigenvalue weighted by Crippen LogP contribution is -2.43. The first kappa shape index (κ1) is 14.9. The average Bonchev–Trinajstić information content (AvgIpc) is 2.32. The molecule has 5 nitrogen and oxygen atoms in total. The van der Waals surface area contributed by atoms with Crippen LogP contribution >= 0.6 is 0 Å². The van der Waals surface area contributed by atoms with Gasteiger partial charge in [0.25, 0.3) is 0 Å². The predicted octanol–water partition coefficient (Wildman–Crippen LogP) is 1.75. The number of nitrogens with one attached hydrogen (secondary N) is 1. The monoisotopic (exact) mass is 301 g/mol. The summed E-state index contributed by atoms with van der Waals surface area (Å²) in [6, 6.07) is 4.51. The van der Waals surface area contributed by atoms with Gasteiger partial charge in [0.05, 0.1) is 11.3 Å². The molecule has 0 aromatic heterocycles. The lowest BCUT2D eigenvalue weighted by atomic mass is 9.67. The van der Waals surface area contributed by atoms with E-state index >= 15 is 0 Å². The van der Waals surface area contributed by atoms with Crippen molar-refractivity contribution in [1.82, 2.24) is 4.72 Å². The number of hydrogen-bond donors (Lipinski definition) is 2. The normalized spacial score (nSPS) is 17.4. The second kappa shape index (κ2) is 5.49. The zero-order valence-corrected chi connectivity index (χ0v) is 11.6. The summed E-state index contributed by atoms with van der Waals surface area (Å²) in [4.78, 5) is 10.8. The fraction of sp³-hybridized carbons (Fsp3) is 0.462. The Labute approximate surface area is 116 Å². The molecule has 1 aliphatic carbocycles. The Kier molecular flexibility index (Phi) is 4.10. The van der Waals surface area contributed by atoms with Crippen LogP contribution in [0.15, 0.2) is 29.2 Å². The molecule has 7 heteroatoms. The maximum Gasteiger partial charge on any atom is 0.303 e. The first-order chi connectivity index (χ1) is 9.33. The van der Waals surface area contributed by atoms with Crippen molar-refractivity contribution in [3.05, 3.63) is 30.1 Å². The van der Waals surface area contributed by atoms with Crippen LogP contribution in [0.5, 0.6) is 0 Å². The minimum atomic E-state index is -3.73. The Balaban J connectivity index is 2.05. The molecule has 1 aromatic rings. The van der Waals surface area contributed by atoms with Crippen LogP contribution < -0.4 is 4.72 Å². The number of hydrogen-bond acceptors (Lipinski definition) is 3. The minimum Gasteiger partial charge on any atom is -0.481 e. The highest BCUT2D eigenvalue weighted by Crippen LogP contribution is 2.43. The van der Waals surface area contributed by atoms with Gasteiger partial charge in [0.2, 0.25) is 10.0 Å². The summed E-state index contributed by atoms with van der Waals surface area (Å²) in [6.07, 6.45) is 2.26. The Morgan fingerprint density at radius 3 is 2.35 bits per heavy atom. The number of rotatable bonds is 6. The maximum atomic E-state index is 12.8. The fourth-order valence-electron chi connectivity index (χ4n) is 2.36. The van der Waals surface area contributed by atoms with Crippen molar-refractivity contribution in [3.63, 3.8) is 0 Å². The molecule has 1 aliphatic rings. The topological polar surface area (TPSA) is 83.5 Å². The highest BCUT2D eigenvalue weighted by molar-refractivity contribution is 7.89. The van der Waals surface area contributed by atoms with Gasteiger partial charge in [-0.05, 0) is 42.5 Å². The van der Waals surface area contributed by atoms with Crippen molar-refractivity contribution in [2.75, 3.05) is 6.54 Å². The molecule has 1 saturated carbocycles. The van der Waals surface area contributed by atoms with Gasteiger partial charge in [-0.15, -0.1) is 0 Å². The molecule has 1 fully saturated rings. The molecule has 2 rings (SSSR count). The van der Waals surface area contributed by atoms with Gasteiger partial charge in [-0.3, -0.25) is 4.79 Å². The first-order valence-corrected chi connectivity index (χ1v) is 7.78. The third-order valence-corrected chi connectivity index (χ3v) is 5.12. The van der Waals surface area contributed by atoms with E-state index in [1.54, 1.807) is 0 Å². The van der Waals surface area contributed by atoms with E-state index < -0.39 is 27.2 Å². The molecular formula is C13H16FNO4S. The Bertz CT molecular complexity index is 593. The van der Waals surface area contributed by atoms with Crippen LogP contribution in [0.25, 0.3) is 0 Å². The SMILES string of the molecule is O=C(O)CC1(CNS(=O)(=O)c2ccc(F)cc2)CCC1. The van der Waals surface area contributed by atoms with Gasteiger partial charge in [0, 0.05) is 6.54 Å². The van der Waals surface area contributed by atoms with E-state index in [1.165, 1.54) is 12.1 Å². The van der Waals surface area contributed by atoms with Gasteiger partial charge in [-0.25, -0.2) is 17.5 Å². The van der Waals surface area contributed by atoms with Crippen molar-refractivity contribution in [2.45, 2.75) is 30.6 Å². The molecule has 20 heavy (non-hydrogen) atoms. The van der Waals surface area contributed by atoms with Crippen LogP contribution in [-0.4, -0.2) is 26.0 Å². The van der Waals surface area contributed by atoms with Crippen molar-refractivity contribution >= 4 is 16.0 Å². The Hall–Kier alpha value is -1.47. The summed E-state index contributed by atoms with van der Waals surface area (Å²) in [5.74, 6) is -1.43. The maximum absolute atomic E-state index is 12.8. The van der Waals surface area contributed by atoms with Crippen LogP contribution in [0.4, 0.5) is 4.39 Å². The van der Waals surface area contributed by atoms with Crippen LogP contribution in [0.2, 0.25) is 0 Å². The molecule has 0 amide bonds. The molecule has 0 aliphatic heterocycles. The molecule has 0 radical (unpaired) electrons. The van der Waals surface area contributed by atoms with E-state index in [4.69, 9.17) is 5.11 Å². The summed E-state index contributed by atoms with van der Waals surface area (Å²) in [7, 11) is -3.73. The Morgan fingerprint density at radius 1 is 1.30 bits per heavy atom. The highest BCUT2D eigenvalue weighted by atomic mass is 32.2. The third kappa shape index (κ3) is 3.34. The zero-order valence-electron chi connectivity index (χ0n) is 10.8. The van der Waals surface area contributed by atoms with E-state index in [-0.39, 0.29) is 17.9 Å². The van der Waals surface area contributed by atoms with E-state index in [2.05, 4.69) is 4.72 Å². The van der Waals surface area contributed by atoms with Gasteiger partial charge in [-0.2, -0.15) is 0 Å². The smallest absolute Gasteiger partial charge is 0.303 e. The van der Waals surface area contributed by atoms with Gasteiger partial charge in [-0.1, -0.05) is 6.42 Å². The molecule has 0 bridgehead atoms. The summed E-state index contributed by atoms with van der Waals surface area (Å²) >= 11 is 0. The number of carboxylic acid groups (broad SMARTS) is 1. The van der Waals surface area contributed by atoms with Crippen LogP contribution in [0.3, 0.4) is 0 Å². The first-order valence-electron chi connectivity index (χ1n) is 6.30. The van der Waals surface area contributed by atoms with Crippen molar-refractivity contribution in [1.29, 1.82) is 0 Å². The summed E-state index contributed by atoms with van der Waals surface area (Å²) in [5.41, 5.74) is -0.487. The van der Waals surface area contributed by atoms with Crippen molar-refractivity contribution in [3.8, 4) is 0 Å². The number of carboxylic acids is 1. The highest BCUT2D eigenvalue weighted by Gasteiger charge is 2.39. The second-order valence-corrected chi connectivity index (χ2v) is 6.97. The standard InChI is InChI=1S/C13H16FNO4S/c14-10-2-4-11(5-3-10)20(18,19)15-9-13(6-1-7-13)8-12(16)17/h2-5,15H,1,6-9H2,(H,16,17). The van der Waals surface area contributed by atoms with Gasteiger partial charge in [0.15, 0.2) is 0 Å². The average molecular weight is 301 g/mol. The summed E-state index contributed by atoms with van der Waals surface area (Å²) in [5, 5.41) is 8.87. The number of sulfonamides is 1. The zero-order chi connectivity index (χ0) is 14.8. The van der Waals surface area contributed by atoms with E-state index in [9.17, 15) is 17.6 Å². The molecule has 1 aromatic carbocycles. The Morgan fingerprint density at radius 2 is 1.90 bits per heavy atom. The van der Waals surface area contributed by atoms with Gasteiger partial charge in [0.1, 0.15) is 5.82 Å². The van der Waals surface area contributed by atoms with Crippen LogP contribution in [0.1, 0.15) is 25.7 Å². The molecule has 0 atom stereocenters. The third-order valence-electron chi connectivity index (χ3n) is 3.70. The molecule has 0 heterocycles. The van der Waals surface area contributed by atoms with Gasteiger partial charge >= 0.3 is 5.97 Å². The molecule has 2 N–H and O–H groups in total. The lowest BCUT2D eigenvalue weighted by molar-refractivity contribution is -0.141. The largest absolute Gasteiger partial charge is 0.481 e. The second-order valence-electron chi connectivity index (χ2n) is 5.20. The van der Waals surface area contributed by atoms with Crippen molar-refractivity contribution < 1.29 is 22.7 Å². The van der Waals surface area contributed by atoms with E-state index in [0.717, 1.165) is 18.6 Å². The van der Waals surface area contributed by atoms with Crippen LogP contribution in [0, 0.1) is 11.2 Å².